The van der Waals surface area contributed by atoms with Crippen molar-refractivity contribution in [1.82, 2.24) is 10.3 Å². The van der Waals surface area contributed by atoms with Crippen molar-refractivity contribution in [1.29, 1.82) is 0 Å². The molecule has 2 N–H and O–H groups in total. The maximum Gasteiger partial charge on any atom is 0.389 e. The van der Waals surface area contributed by atoms with E-state index >= 15 is 0 Å². The Kier molecular flexibility index (Phi) is 9.29. The number of halogens is 3. The maximum atomic E-state index is 13.2. The van der Waals surface area contributed by atoms with Crippen molar-refractivity contribution >= 4 is 11.9 Å². The molecule has 2 heterocycles. The average molecular weight is 478 g/mol. The first kappa shape index (κ1) is 26.7. The highest BCUT2D eigenvalue weighted by Crippen LogP contribution is 2.31. The number of carbonyl (C=O) groups is 2. The second kappa shape index (κ2) is 11.5. The summed E-state index contributed by atoms with van der Waals surface area (Å²) in [6.45, 7) is 4.49. The molecule has 1 amide bonds. The Hall–Kier alpha value is -2.60. The Morgan fingerprint density at radius 2 is 2.06 bits per heavy atom. The predicted molar refractivity (Wildman–Crippen MR) is 109 cm³/mol. The second-order valence-electron chi connectivity index (χ2n) is 8.19. The van der Waals surface area contributed by atoms with Gasteiger partial charge in [0.15, 0.2) is 23.2 Å². The standard InChI is InChI=1S/C21H29F3N2O7/c1-11(2)8-32-18-12(3)33-20(29)14(10-31-9-13(18)7-21(22,23)24)26-19(28)16-17(27)15(30-4)5-6-25-16/h5-6,11-14,18,27H,7-10H2,1-4H3,(H,26,28)/t12-,13-,14-,18-/m0/s1. The van der Waals surface area contributed by atoms with E-state index in [4.69, 9.17) is 18.9 Å². The van der Waals surface area contributed by atoms with Gasteiger partial charge in [-0.15, -0.1) is 0 Å². The van der Waals surface area contributed by atoms with E-state index in [9.17, 15) is 27.9 Å². The third-order valence-corrected chi connectivity index (χ3v) is 4.87. The summed E-state index contributed by atoms with van der Waals surface area (Å²) in [5, 5.41) is 12.4. The molecule has 0 aliphatic carbocycles. The minimum atomic E-state index is -4.48. The lowest BCUT2D eigenvalue weighted by molar-refractivity contribution is -0.178. The van der Waals surface area contributed by atoms with Gasteiger partial charge >= 0.3 is 12.1 Å². The Labute approximate surface area is 189 Å². The third kappa shape index (κ3) is 7.74. The fourth-order valence-electron chi connectivity index (χ4n) is 3.36. The largest absolute Gasteiger partial charge is 0.503 e. The minimum Gasteiger partial charge on any atom is -0.503 e. The van der Waals surface area contributed by atoms with Crippen molar-refractivity contribution in [2.45, 2.75) is 51.6 Å². The molecule has 4 atom stereocenters. The highest BCUT2D eigenvalue weighted by atomic mass is 19.4. The molecule has 12 heteroatoms. The number of hydrogen-bond acceptors (Lipinski definition) is 8. The number of cyclic esters (lactones) is 1. The lowest BCUT2D eigenvalue weighted by Gasteiger charge is -2.31. The number of aromatic hydroxyl groups is 1. The number of aromatic nitrogens is 1. The Morgan fingerprint density at radius 1 is 1.36 bits per heavy atom. The van der Waals surface area contributed by atoms with Crippen LogP contribution in [0.4, 0.5) is 13.2 Å². The van der Waals surface area contributed by atoms with Gasteiger partial charge in [0.1, 0.15) is 6.10 Å². The minimum absolute atomic E-state index is 0.00259. The summed E-state index contributed by atoms with van der Waals surface area (Å²) in [6, 6.07) is -0.00814. The van der Waals surface area contributed by atoms with Crippen LogP contribution in [0.15, 0.2) is 12.3 Å². The van der Waals surface area contributed by atoms with Gasteiger partial charge < -0.3 is 29.4 Å². The van der Waals surface area contributed by atoms with E-state index in [1.54, 1.807) is 0 Å². The summed E-state index contributed by atoms with van der Waals surface area (Å²) in [6.07, 6.45) is -6.53. The molecule has 1 aliphatic rings. The molecule has 1 aliphatic heterocycles. The van der Waals surface area contributed by atoms with Crippen LogP contribution < -0.4 is 10.1 Å². The van der Waals surface area contributed by atoms with Gasteiger partial charge in [0.25, 0.3) is 5.91 Å². The molecule has 186 valence electrons. The molecule has 1 saturated heterocycles. The smallest absolute Gasteiger partial charge is 0.389 e. The molecule has 0 unspecified atom stereocenters. The molecule has 1 aromatic heterocycles. The van der Waals surface area contributed by atoms with E-state index in [-0.39, 0.29) is 24.9 Å². The molecule has 0 aromatic carbocycles. The van der Waals surface area contributed by atoms with Gasteiger partial charge in [-0.25, -0.2) is 9.78 Å². The van der Waals surface area contributed by atoms with Crippen LogP contribution in [0.3, 0.4) is 0 Å². The number of nitrogens with zero attached hydrogens (tertiary/aromatic N) is 1. The molecule has 0 radical (unpaired) electrons. The fraction of sp³-hybridized carbons (Fsp3) is 0.667. The second-order valence-corrected chi connectivity index (χ2v) is 8.19. The van der Waals surface area contributed by atoms with Gasteiger partial charge in [0.05, 0.1) is 32.8 Å². The zero-order valence-electron chi connectivity index (χ0n) is 18.8. The van der Waals surface area contributed by atoms with Crippen molar-refractivity contribution < 1.29 is 46.8 Å². The van der Waals surface area contributed by atoms with E-state index < -0.39 is 66.7 Å². The van der Waals surface area contributed by atoms with Crippen LogP contribution in [0.1, 0.15) is 37.7 Å². The van der Waals surface area contributed by atoms with Gasteiger partial charge in [0.2, 0.25) is 0 Å². The number of ether oxygens (including phenoxy) is 4. The SMILES string of the molecule is COc1ccnc(C(=O)N[C@H]2COC[C@H](CC(F)(F)F)[C@@H](OCC(C)C)[C@H](C)OC2=O)c1O. The Morgan fingerprint density at radius 3 is 2.67 bits per heavy atom. The maximum absolute atomic E-state index is 13.2. The van der Waals surface area contributed by atoms with Crippen LogP contribution >= 0.6 is 0 Å². The number of hydrogen-bond donors (Lipinski definition) is 2. The number of amides is 1. The predicted octanol–water partition coefficient (Wildman–Crippen LogP) is 2.47. The van der Waals surface area contributed by atoms with Crippen LogP contribution in [0, 0.1) is 11.8 Å². The molecule has 0 spiro atoms. The van der Waals surface area contributed by atoms with Gasteiger partial charge in [-0.3, -0.25) is 4.79 Å². The normalized spacial score (nSPS) is 24.4. The van der Waals surface area contributed by atoms with Gasteiger partial charge in [-0.2, -0.15) is 13.2 Å². The van der Waals surface area contributed by atoms with Crippen LogP contribution in [-0.2, 0) is 19.0 Å². The topological polar surface area (TPSA) is 116 Å². The number of esters is 1. The Balaban J connectivity index is 2.20. The van der Waals surface area contributed by atoms with Crippen LogP contribution in [0.5, 0.6) is 11.5 Å². The van der Waals surface area contributed by atoms with Crippen molar-refractivity contribution in [3.8, 4) is 11.5 Å². The lowest BCUT2D eigenvalue weighted by atomic mass is 9.95. The molecule has 1 fully saturated rings. The van der Waals surface area contributed by atoms with Crippen molar-refractivity contribution in [2.75, 3.05) is 26.9 Å². The summed E-state index contributed by atoms with van der Waals surface area (Å²) in [7, 11) is 1.29. The van der Waals surface area contributed by atoms with E-state index in [1.165, 1.54) is 26.3 Å². The highest BCUT2D eigenvalue weighted by Gasteiger charge is 2.41. The molecule has 0 saturated carbocycles. The van der Waals surface area contributed by atoms with E-state index in [0.717, 1.165) is 0 Å². The first-order chi connectivity index (χ1) is 15.4. The molecule has 33 heavy (non-hydrogen) atoms. The molecular formula is C21H29F3N2O7. The zero-order valence-corrected chi connectivity index (χ0v) is 18.8. The monoisotopic (exact) mass is 478 g/mol. The van der Waals surface area contributed by atoms with Crippen LogP contribution in [-0.4, -0.2) is 73.3 Å². The van der Waals surface area contributed by atoms with Crippen molar-refractivity contribution in [3.05, 3.63) is 18.0 Å². The quantitative estimate of drug-likeness (QED) is 0.575. The van der Waals surface area contributed by atoms with Crippen LogP contribution in [0.2, 0.25) is 0 Å². The summed E-state index contributed by atoms with van der Waals surface area (Å²) in [5.74, 6) is -3.44. The van der Waals surface area contributed by atoms with Gasteiger partial charge in [0, 0.05) is 24.8 Å². The summed E-state index contributed by atoms with van der Waals surface area (Å²) in [4.78, 5) is 29.0. The van der Waals surface area contributed by atoms with Crippen LogP contribution in [0.25, 0.3) is 0 Å². The van der Waals surface area contributed by atoms with Crippen molar-refractivity contribution in [3.63, 3.8) is 0 Å². The fourth-order valence-corrected chi connectivity index (χ4v) is 3.36. The highest BCUT2D eigenvalue weighted by molar-refractivity contribution is 5.98. The molecule has 9 nitrogen and oxygen atoms in total. The van der Waals surface area contributed by atoms with E-state index in [1.807, 2.05) is 13.8 Å². The Bertz CT molecular complexity index is 820. The van der Waals surface area contributed by atoms with Crippen molar-refractivity contribution in [2.24, 2.45) is 11.8 Å². The summed E-state index contributed by atoms with van der Waals surface area (Å²) in [5.41, 5.74) is -0.400. The number of rotatable bonds is 7. The average Bonchev–Trinajstić information content (AvgIpc) is 2.75. The third-order valence-electron chi connectivity index (χ3n) is 4.87. The van der Waals surface area contributed by atoms with E-state index in [0.29, 0.717) is 0 Å². The van der Waals surface area contributed by atoms with Gasteiger partial charge in [-0.1, -0.05) is 13.8 Å². The molecule has 0 bridgehead atoms. The number of nitrogens with one attached hydrogen (secondary N) is 1. The number of pyridine rings is 1. The van der Waals surface area contributed by atoms with Gasteiger partial charge in [-0.05, 0) is 12.8 Å². The number of methoxy groups -OCH3 is 1. The first-order valence-corrected chi connectivity index (χ1v) is 10.4. The summed E-state index contributed by atoms with van der Waals surface area (Å²) >= 11 is 0. The summed E-state index contributed by atoms with van der Waals surface area (Å²) < 4.78 is 60.9. The molecule has 1 aromatic rings. The van der Waals surface area contributed by atoms with E-state index in [2.05, 4.69) is 10.3 Å². The zero-order chi connectivity index (χ0) is 24.8. The lowest BCUT2D eigenvalue weighted by Crippen LogP contribution is -2.46. The first-order valence-electron chi connectivity index (χ1n) is 10.4. The number of carbonyl (C=O) groups excluding carboxylic acids is 2. The molecular weight excluding hydrogens is 449 g/mol. The number of alkyl halides is 3. The molecule has 2 rings (SSSR count).